The van der Waals surface area contributed by atoms with E-state index in [4.69, 9.17) is 5.11 Å². The summed E-state index contributed by atoms with van der Waals surface area (Å²) >= 11 is 0. The highest BCUT2D eigenvalue weighted by atomic mass is 16.3. The molecule has 0 amide bonds. The van der Waals surface area contributed by atoms with E-state index in [0.717, 1.165) is 30.5 Å². The van der Waals surface area contributed by atoms with Crippen molar-refractivity contribution >= 4 is 5.69 Å². The van der Waals surface area contributed by atoms with Crippen LogP contribution in [0.5, 0.6) is 0 Å². The predicted molar refractivity (Wildman–Crippen MR) is 69.8 cm³/mol. The first kappa shape index (κ1) is 12.8. The number of anilines is 1. The Balaban J connectivity index is 2.65. The van der Waals surface area contributed by atoms with E-state index in [9.17, 15) is 0 Å². The van der Waals surface area contributed by atoms with E-state index in [-0.39, 0.29) is 6.61 Å². The summed E-state index contributed by atoms with van der Waals surface area (Å²) in [6.45, 7) is 6.90. The van der Waals surface area contributed by atoms with Gasteiger partial charge in [0.15, 0.2) is 0 Å². The Morgan fingerprint density at radius 1 is 1.44 bits per heavy atom. The molecule has 0 aliphatic rings. The van der Waals surface area contributed by atoms with Gasteiger partial charge in [0.1, 0.15) is 0 Å². The molecule has 0 bridgehead atoms. The maximum Gasteiger partial charge on any atom is 0.0684 e. The normalized spacial score (nSPS) is 10.2. The third kappa shape index (κ3) is 3.38. The van der Waals surface area contributed by atoms with Gasteiger partial charge in [-0.3, -0.25) is 0 Å². The largest absolute Gasteiger partial charge is 0.392 e. The van der Waals surface area contributed by atoms with Crippen molar-refractivity contribution in [2.75, 3.05) is 18.5 Å². The molecule has 0 atom stereocenters. The van der Waals surface area contributed by atoms with Gasteiger partial charge in [-0.2, -0.15) is 0 Å². The van der Waals surface area contributed by atoms with Crippen molar-refractivity contribution in [1.29, 1.82) is 0 Å². The summed E-state index contributed by atoms with van der Waals surface area (Å²) in [4.78, 5) is 2.23. The van der Waals surface area contributed by atoms with Gasteiger partial charge in [-0.25, -0.2) is 0 Å². The lowest BCUT2D eigenvalue weighted by Gasteiger charge is -2.20. The Hall–Kier alpha value is -1.28. The van der Waals surface area contributed by atoms with Gasteiger partial charge < -0.3 is 10.0 Å². The molecule has 0 heterocycles. The van der Waals surface area contributed by atoms with Crippen LogP contribution in [-0.4, -0.2) is 18.7 Å². The fraction of sp³-hybridized carbons (Fsp3) is 0.429. The van der Waals surface area contributed by atoms with Crippen molar-refractivity contribution in [3.8, 4) is 0 Å². The van der Waals surface area contributed by atoms with Gasteiger partial charge in [0.25, 0.3) is 0 Å². The van der Waals surface area contributed by atoms with E-state index < -0.39 is 0 Å². The summed E-state index contributed by atoms with van der Waals surface area (Å²) in [7, 11) is 2.09. The fourth-order valence-electron chi connectivity index (χ4n) is 1.70. The smallest absolute Gasteiger partial charge is 0.0684 e. The third-order valence-electron chi connectivity index (χ3n) is 2.84. The van der Waals surface area contributed by atoms with E-state index in [1.165, 1.54) is 5.69 Å². The average molecular weight is 219 g/mol. The van der Waals surface area contributed by atoms with Crippen LogP contribution in [0.25, 0.3) is 0 Å². The van der Waals surface area contributed by atoms with E-state index in [2.05, 4.69) is 30.7 Å². The topological polar surface area (TPSA) is 23.5 Å². The molecule has 1 N–H and O–H groups in total. The first-order chi connectivity index (χ1) is 7.69. The highest BCUT2D eigenvalue weighted by Crippen LogP contribution is 2.18. The van der Waals surface area contributed by atoms with Crippen LogP contribution in [0.2, 0.25) is 0 Å². The molecule has 0 unspecified atom stereocenters. The number of aliphatic hydroxyl groups excluding tert-OH is 1. The molecule has 0 saturated heterocycles. The van der Waals surface area contributed by atoms with E-state index >= 15 is 0 Å². The van der Waals surface area contributed by atoms with Crippen molar-refractivity contribution in [2.24, 2.45) is 0 Å². The first-order valence-electron chi connectivity index (χ1n) is 5.71. The molecular formula is C14H21NO. The Morgan fingerprint density at radius 3 is 2.75 bits per heavy atom. The minimum absolute atomic E-state index is 0.117. The number of hydrogen-bond acceptors (Lipinski definition) is 2. The molecule has 0 radical (unpaired) electrons. The van der Waals surface area contributed by atoms with Gasteiger partial charge in [0.05, 0.1) is 6.61 Å². The molecule has 16 heavy (non-hydrogen) atoms. The molecule has 0 aliphatic carbocycles. The molecule has 0 spiro atoms. The van der Waals surface area contributed by atoms with E-state index in [0.29, 0.717) is 0 Å². The van der Waals surface area contributed by atoms with Crippen LogP contribution in [0.4, 0.5) is 5.69 Å². The summed E-state index contributed by atoms with van der Waals surface area (Å²) in [5, 5.41) is 9.10. The van der Waals surface area contributed by atoms with Gasteiger partial charge in [-0.15, -0.1) is 6.58 Å². The van der Waals surface area contributed by atoms with Crippen LogP contribution in [0.1, 0.15) is 24.0 Å². The Morgan fingerprint density at radius 2 is 2.19 bits per heavy atom. The van der Waals surface area contributed by atoms with Crippen molar-refractivity contribution in [3.05, 3.63) is 42.0 Å². The van der Waals surface area contributed by atoms with E-state index in [1.54, 1.807) is 0 Å². The number of hydrogen-bond donors (Lipinski definition) is 1. The molecule has 0 aliphatic heterocycles. The maximum atomic E-state index is 9.10. The molecule has 1 aromatic carbocycles. The van der Waals surface area contributed by atoms with Crippen molar-refractivity contribution in [2.45, 2.75) is 26.4 Å². The maximum absolute atomic E-state index is 9.10. The summed E-state index contributed by atoms with van der Waals surface area (Å²) in [6, 6.07) is 6.18. The van der Waals surface area contributed by atoms with Gasteiger partial charge in [-0.05, 0) is 43.0 Å². The standard InChI is InChI=1S/C14H21NO/c1-4-5-6-9-15(3)14-8-7-13(11-16)12(2)10-14/h4,7-8,10,16H,1,5-6,9,11H2,2-3H3. The van der Waals surface area contributed by atoms with Crippen LogP contribution in [0.3, 0.4) is 0 Å². The van der Waals surface area contributed by atoms with Gasteiger partial charge in [0.2, 0.25) is 0 Å². The number of aryl methyl sites for hydroxylation is 1. The summed E-state index contributed by atoms with van der Waals surface area (Å²) in [5.41, 5.74) is 3.36. The number of aliphatic hydroxyl groups is 1. The third-order valence-corrected chi connectivity index (χ3v) is 2.84. The second-order valence-corrected chi connectivity index (χ2v) is 4.12. The van der Waals surface area contributed by atoms with Crippen LogP contribution >= 0.6 is 0 Å². The first-order valence-corrected chi connectivity index (χ1v) is 5.71. The second kappa shape index (κ2) is 6.33. The zero-order chi connectivity index (χ0) is 12.0. The lowest BCUT2D eigenvalue weighted by atomic mass is 10.1. The molecular weight excluding hydrogens is 198 g/mol. The van der Waals surface area contributed by atoms with Gasteiger partial charge in [-0.1, -0.05) is 12.1 Å². The molecule has 2 heteroatoms. The molecule has 88 valence electrons. The predicted octanol–water partition coefficient (Wildman–Crippen LogP) is 2.89. The van der Waals surface area contributed by atoms with Crippen LogP contribution in [-0.2, 0) is 6.61 Å². The molecule has 1 rings (SSSR count). The number of allylic oxidation sites excluding steroid dienone is 1. The van der Waals surface area contributed by atoms with Crippen molar-refractivity contribution < 1.29 is 5.11 Å². The minimum Gasteiger partial charge on any atom is -0.392 e. The summed E-state index contributed by atoms with van der Waals surface area (Å²) < 4.78 is 0. The Bertz CT molecular complexity index is 347. The lowest BCUT2D eigenvalue weighted by Crippen LogP contribution is -2.18. The van der Waals surface area contributed by atoms with Crippen LogP contribution in [0, 0.1) is 6.92 Å². The monoisotopic (exact) mass is 219 g/mol. The number of unbranched alkanes of at least 4 members (excludes halogenated alkanes) is 1. The number of nitrogens with zero attached hydrogens (tertiary/aromatic N) is 1. The molecule has 2 nitrogen and oxygen atoms in total. The van der Waals surface area contributed by atoms with Crippen molar-refractivity contribution in [1.82, 2.24) is 0 Å². The summed E-state index contributed by atoms with van der Waals surface area (Å²) in [6.07, 6.45) is 4.13. The highest BCUT2D eigenvalue weighted by Gasteiger charge is 2.03. The SMILES string of the molecule is C=CCCCN(C)c1ccc(CO)c(C)c1. The van der Waals surface area contributed by atoms with Crippen molar-refractivity contribution in [3.63, 3.8) is 0 Å². The molecule has 0 aromatic heterocycles. The molecule has 1 aromatic rings. The highest BCUT2D eigenvalue weighted by molar-refractivity contribution is 5.50. The lowest BCUT2D eigenvalue weighted by molar-refractivity contribution is 0.281. The number of rotatable bonds is 6. The quantitative estimate of drug-likeness (QED) is 0.587. The molecule has 0 fully saturated rings. The van der Waals surface area contributed by atoms with Crippen LogP contribution in [0.15, 0.2) is 30.9 Å². The zero-order valence-corrected chi connectivity index (χ0v) is 10.2. The summed E-state index contributed by atoms with van der Waals surface area (Å²) in [5.74, 6) is 0. The fourth-order valence-corrected chi connectivity index (χ4v) is 1.70. The Kier molecular flexibility index (Phi) is 5.06. The van der Waals surface area contributed by atoms with Crippen LogP contribution < -0.4 is 4.90 Å². The van der Waals surface area contributed by atoms with Gasteiger partial charge >= 0.3 is 0 Å². The zero-order valence-electron chi connectivity index (χ0n) is 10.2. The van der Waals surface area contributed by atoms with E-state index in [1.807, 2.05) is 19.1 Å². The van der Waals surface area contributed by atoms with Gasteiger partial charge in [0, 0.05) is 19.3 Å². The molecule has 0 saturated carbocycles. The second-order valence-electron chi connectivity index (χ2n) is 4.12. The number of benzene rings is 1. The minimum atomic E-state index is 0.117. The Labute approximate surface area is 98.2 Å². The average Bonchev–Trinajstić information content (AvgIpc) is 2.29.